The fourth-order valence-corrected chi connectivity index (χ4v) is 2.27. The van der Waals surface area contributed by atoms with Gasteiger partial charge in [-0.05, 0) is 49.1 Å². The molecule has 4 heteroatoms. The lowest BCUT2D eigenvalue weighted by atomic mass is 10.0. The number of pyridine rings is 1. The second-order valence-electron chi connectivity index (χ2n) is 4.74. The van der Waals surface area contributed by atoms with Gasteiger partial charge in [0.2, 0.25) is 0 Å². The number of anilines is 1. The first kappa shape index (κ1) is 11.7. The minimum Gasteiger partial charge on any atom is -0.369 e. The van der Waals surface area contributed by atoms with E-state index in [9.17, 15) is 0 Å². The van der Waals surface area contributed by atoms with Crippen molar-refractivity contribution < 1.29 is 0 Å². The molecule has 0 aliphatic carbocycles. The Balaban J connectivity index is 1.80. The quantitative estimate of drug-likeness (QED) is 0.753. The lowest BCUT2D eigenvalue weighted by Gasteiger charge is -2.04. The molecule has 0 amide bonds. The Morgan fingerprint density at radius 2 is 2.11 bits per heavy atom. The number of aromatic nitrogens is 3. The first-order valence-electron chi connectivity index (χ1n) is 6.37. The van der Waals surface area contributed by atoms with Crippen LogP contribution in [-0.2, 0) is 12.8 Å². The van der Waals surface area contributed by atoms with Crippen LogP contribution in [0.1, 0.15) is 16.8 Å². The van der Waals surface area contributed by atoms with E-state index >= 15 is 0 Å². The van der Waals surface area contributed by atoms with Gasteiger partial charge in [0.05, 0.1) is 11.0 Å². The number of benzene rings is 1. The highest BCUT2D eigenvalue weighted by Gasteiger charge is 2.03. The fourth-order valence-electron chi connectivity index (χ4n) is 2.27. The number of nitrogens with one attached hydrogen (secondary N) is 1. The molecule has 0 radical (unpaired) electrons. The molecule has 0 aliphatic heterocycles. The van der Waals surface area contributed by atoms with Crippen molar-refractivity contribution >= 4 is 17.0 Å². The van der Waals surface area contributed by atoms with Gasteiger partial charge < -0.3 is 10.7 Å². The number of hydrogen-bond donors (Lipinski definition) is 2. The molecule has 0 aliphatic rings. The van der Waals surface area contributed by atoms with Crippen LogP contribution in [0, 0.1) is 6.92 Å². The van der Waals surface area contributed by atoms with E-state index < -0.39 is 0 Å². The molecule has 0 saturated heterocycles. The molecule has 0 unspecified atom stereocenters. The summed E-state index contributed by atoms with van der Waals surface area (Å²) in [5.74, 6) is 0.465. The normalized spacial score (nSPS) is 11.0. The molecule has 0 atom stereocenters. The summed E-state index contributed by atoms with van der Waals surface area (Å²) in [6, 6.07) is 10.3. The molecule has 0 fully saturated rings. The molecule has 3 aromatic rings. The van der Waals surface area contributed by atoms with Crippen LogP contribution in [0.25, 0.3) is 11.0 Å². The molecule has 96 valence electrons. The number of rotatable bonds is 3. The maximum absolute atomic E-state index is 5.65. The van der Waals surface area contributed by atoms with E-state index in [0.29, 0.717) is 5.95 Å². The highest BCUT2D eigenvalue weighted by atomic mass is 15.0. The molecule has 2 heterocycles. The summed E-state index contributed by atoms with van der Waals surface area (Å²) in [5.41, 5.74) is 11.2. The average Bonchev–Trinajstić information content (AvgIpc) is 2.77. The number of H-pyrrole nitrogens is 1. The zero-order valence-electron chi connectivity index (χ0n) is 10.9. The molecule has 4 nitrogen and oxygen atoms in total. The van der Waals surface area contributed by atoms with Crippen LogP contribution in [0.3, 0.4) is 0 Å². The summed E-state index contributed by atoms with van der Waals surface area (Å²) in [6.45, 7) is 2.10. The Kier molecular flexibility index (Phi) is 2.91. The number of hydrogen-bond acceptors (Lipinski definition) is 3. The van der Waals surface area contributed by atoms with Gasteiger partial charge >= 0.3 is 0 Å². The largest absolute Gasteiger partial charge is 0.369 e. The van der Waals surface area contributed by atoms with Crippen LogP contribution in [0.2, 0.25) is 0 Å². The van der Waals surface area contributed by atoms with Gasteiger partial charge in [0.15, 0.2) is 5.95 Å². The lowest BCUT2D eigenvalue weighted by molar-refractivity contribution is 0.901. The standard InChI is InChI=1S/C15H16N4/c1-10-3-2-8-17-12(10)6-4-11-5-7-13-14(9-11)19-15(16)18-13/h2-3,5,7-9H,4,6H2,1H3,(H3,16,18,19). The van der Waals surface area contributed by atoms with Crippen LogP contribution >= 0.6 is 0 Å². The minimum atomic E-state index is 0.465. The molecule has 0 spiro atoms. The van der Waals surface area contributed by atoms with E-state index in [1.807, 2.05) is 18.3 Å². The Hall–Kier alpha value is -2.36. The molecule has 19 heavy (non-hydrogen) atoms. The van der Waals surface area contributed by atoms with Crippen LogP contribution in [0.4, 0.5) is 5.95 Å². The Morgan fingerprint density at radius 1 is 1.21 bits per heavy atom. The summed E-state index contributed by atoms with van der Waals surface area (Å²) >= 11 is 0. The minimum absolute atomic E-state index is 0.465. The van der Waals surface area contributed by atoms with Crippen molar-refractivity contribution in [3.63, 3.8) is 0 Å². The van der Waals surface area contributed by atoms with Gasteiger partial charge in [-0.1, -0.05) is 12.1 Å². The van der Waals surface area contributed by atoms with Gasteiger partial charge in [-0.15, -0.1) is 0 Å². The van der Waals surface area contributed by atoms with E-state index in [-0.39, 0.29) is 0 Å². The maximum Gasteiger partial charge on any atom is 0.198 e. The number of nitrogen functional groups attached to an aromatic ring is 1. The van der Waals surface area contributed by atoms with Gasteiger partial charge in [0.25, 0.3) is 0 Å². The van der Waals surface area contributed by atoms with Gasteiger partial charge in [0, 0.05) is 11.9 Å². The molecule has 0 bridgehead atoms. The Labute approximate surface area is 111 Å². The zero-order chi connectivity index (χ0) is 13.2. The van der Waals surface area contributed by atoms with Crippen molar-refractivity contribution in [3.8, 4) is 0 Å². The van der Waals surface area contributed by atoms with Gasteiger partial charge in [-0.3, -0.25) is 4.98 Å². The molecule has 2 aromatic heterocycles. The summed E-state index contributed by atoms with van der Waals surface area (Å²) in [5, 5.41) is 0. The number of aryl methyl sites for hydroxylation is 3. The molecule has 3 N–H and O–H groups in total. The highest BCUT2D eigenvalue weighted by molar-refractivity contribution is 5.77. The number of aromatic amines is 1. The zero-order valence-corrected chi connectivity index (χ0v) is 10.9. The van der Waals surface area contributed by atoms with Crippen LogP contribution < -0.4 is 5.73 Å². The smallest absolute Gasteiger partial charge is 0.198 e. The van der Waals surface area contributed by atoms with E-state index in [2.05, 4.69) is 40.1 Å². The van der Waals surface area contributed by atoms with Crippen LogP contribution in [0.5, 0.6) is 0 Å². The first-order chi connectivity index (χ1) is 9.22. The van der Waals surface area contributed by atoms with Crippen LogP contribution in [0.15, 0.2) is 36.5 Å². The maximum atomic E-state index is 5.65. The third-order valence-electron chi connectivity index (χ3n) is 3.33. The highest BCUT2D eigenvalue weighted by Crippen LogP contribution is 2.16. The summed E-state index contributed by atoms with van der Waals surface area (Å²) < 4.78 is 0. The second-order valence-corrected chi connectivity index (χ2v) is 4.74. The molecule has 0 saturated carbocycles. The summed E-state index contributed by atoms with van der Waals surface area (Å²) in [4.78, 5) is 11.7. The number of nitrogens with two attached hydrogens (primary N) is 1. The van der Waals surface area contributed by atoms with Crippen molar-refractivity contribution in [2.75, 3.05) is 5.73 Å². The lowest BCUT2D eigenvalue weighted by Crippen LogP contribution is -1.97. The van der Waals surface area contributed by atoms with Crippen molar-refractivity contribution in [3.05, 3.63) is 53.3 Å². The summed E-state index contributed by atoms with van der Waals surface area (Å²) in [7, 11) is 0. The second kappa shape index (κ2) is 4.72. The number of nitrogens with zero attached hydrogens (tertiary/aromatic N) is 2. The van der Waals surface area contributed by atoms with Crippen LogP contribution in [-0.4, -0.2) is 15.0 Å². The van der Waals surface area contributed by atoms with E-state index in [1.165, 1.54) is 11.1 Å². The monoisotopic (exact) mass is 252 g/mol. The molecule has 3 rings (SSSR count). The first-order valence-corrected chi connectivity index (χ1v) is 6.37. The Morgan fingerprint density at radius 3 is 2.95 bits per heavy atom. The predicted octanol–water partition coefficient (Wildman–Crippen LogP) is 2.63. The SMILES string of the molecule is Cc1cccnc1CCc1ccc2nc(N)[nH]c2c1. The topological polar surface area (TPSA) is 67.6 Å². The van der Waals surface area contributed by atoms with E-state index in [4.69, 9.17) is 5.73 Å². The molecular formula is C15H16N4. The van der Waals surface area contributed by atoms with Gasteiger partial charge in [0.1, 0.15) is 0 Å². The Bertz CT molecular complexity index is 715. The molecule has 1 aromatic carbocycles. The van der Waals surface area contributed by atoms with Gasteiger partial charge in [-0.25, -0.2) is 4.98 Å². The predicted molar refractivity (Wildman–Crippen MR) is 76.9 cm³/mol. The third-order valence-corrected chi connectivity index (χ3v) is 3.33. The average molecular weight is 252 g/mol. The van der Waals surface area contributed by atoms with Crippen molar-refractivity contribution in [2.24, 2.45) is 0 Å². The number of imidazole rings is 1. The summed E-state index contributed by atoms with van der Waals surface area (Å²) in [6.07, 6.45) is 3.76. The number of fused-ring (bicyclic) bond motifs is 1. The van der Waals surface area contributed by atoms with Crippen molar-refractivity contribution in [1.29, 1.82) is 0 Å². The van der Waals surface area contributed by atoms with E-state index in [0.717, 1.165) is 29.6 Å². The van der Waals surface area contributed by atoms with E-state index in [1.54, 1.807) is 0 Å². The van der Waals surface area contributed by atoms with Gasteiger partial charge in [-0.2, -0.15) is 0 Å². The third kappa shape index (κ3) is 2.42. The fraction of sp³-hybridized carbons (Fsp3) is 0.200. The van der Waals surface area contributed by atoms with Crippen molar-refractivity contribution in [1.82, 2.24) is 15.0 Å². The van der Waals surface area contributed by atoms with Crippen molar-refractivity contribution in [2.45, 2.75) is 19.8 Å². The molecular weight excluding hydrogens is 236 g/mol.